The lowest BCUT2D eigenvalue weighted by atomic mass is 9.92. The van der Waals surface area contributed by atoms with E-state index in [0.717, 1.165) is 0 Å². The molecule has 0 spiro atoms. The molecule has 1 aromatic carbocycles. The molecule has 14 heteroatoms. The Bertz CT molecular complexity index is 1400. The van der Waals surface area contributed by atoms with E-state index in [0.29, 0.717) is 16.8 Å². The quantitative estimate of drug-likeness (QED) is 0.259. The number of ether oxygens (including phenoxy) is 2. The van der Waals surface area contributed by atoms with Gasteiger partial charge in [-0.25, -0.2) is 18.9 Å². The largest absolute Gasteiger partial charge is 0.475 e. The number of anilines is 1. The smallest absolute Gasteiger partial charge is 0.462 e. The molecule has 0 amide bonds. The molecule has 2 aromatic heterocycles. The van der Waals surface area contributed by atoms with Gasteiger partial charge in [-0.1, -0.05) is 18.2 Å². The van der Waals surface area contributed by atoms with E-state index < -0.39 is 37.7 Å². The third-order valence-corrected chi connectivity index (χ3v) is 7.62. The number of nitrogens with zero attached hydrogens (tertiary/aromatic N) is 4. The molecule has 0 radical (unpaired) electrons. The van der Waals surface area contributed by atoms with Crippen LogP contribution in [0.25, 0.3) is 5.52 Å². The van der Waals surface area contributed by atoms with Gasteiger partial charge in [0.05, 0.1) is 31.1 Å². The van der Waals surface area contributed by atoms with Gasteiger partial charge in [-0.3, -0.25) is 18.6 Å². The normalized spacial score (nSPS) is 29.5. The highest BCUT2D eigenvalue weighted by Crippen LogP contribution is 2.58. The topological polar surface area (TPSA) is 169 Å². The van der Waals surface area contributed by atoms with E-state index in [1.807, 2.05) is 0 Å². The van der Waals surface area contributed by atoms with Crippen LogP contribution in [-0.4, -0.2) is 70.5 Å². The van der Waals surface area contributed by atoms with E-state index in [4.69, 9.17) is 28.8 Å². The van der Waals surface area contributed by atoms with Crippen molar-refractivity contribution in [1.82, 2.24) is 14.6 Å². The number of aliphatic hydroxyl groups excluding tert-OH is 1. The van der Waals surface area contributed by atoms with Crippen LogP contribution in [0.4, 0.5) is 5.82 Å². The first kappa shape index (κ1) is 25.5. The van der Waals surface area contributed by atoms with Crippen LogP contribution in [0.2, 0.25) is 0 Å². The highest BCUT2D eigenvalue weighted by atomic mass is 31.2. The zero-order valence-electron chi connectivity index (χ0n) is 20.1. The van der Waals surface area contributed by atoms with E-state index in [-0.39, 0.29) is 31.2 Å². The van der Waals surface area contributed by atoms with Crippen molar-refractivity contribution in [1.29, 1.82) is 0 Å². The molecule has 0 bridgehead atoms. The Kier molecular flexibility index (Phi) is 6.84. The minimum absolute atomic E-state index is 0.182. The predicted octanol–water partition coefficient (Wildman–Crippen LogP) is 1.88. The van der Waals surface area contributed by atoms with Gasteiger partial charge >= 0.3 is 13.8 Å². The van der Waals surface area contributed by atoms with Crippen molar-refractivity contribution in [2.75, 3.05) is 26.0 Å². The molecule has 0 saturated carbocycles. The van der Waals surface area contributed by atoms with Gasteiger partial charge in [-0.2, -0.15) is 5.10 Å². The van der Waals surface area contributed by atoms with Crippen LogP contribution in [0.1, 0.15) is 28.5 Å². The molecule has 37 heavy (non-hydrogen) atoms. The van der Waals surface area contributed by atoms with E-state index in [9.17, 15) is 14.5 Å². The Labute approximate surface area is 211 Å². The first-order valence-corrected chi connectivity index (χ1v) is 13.0. The summed E-state index contributed by atoms with van der Waals surface area (Å²) in [4.78, 5) is 20.3. The lowest BCUT2D eigenvalue weighted by Gasteiger charge is -2.31. The number of nitrogens with two attached hydrogens (primary N) is 1. The van der Waals surface area contributed by atoms with Gasteiger partial charge in [0.25, 0.3) is 0 Å². The molecular formula is C23H26N5O8P. The number of phosphoric acid groups is 1. The fourth-order valence-electron chi connectivity index (χ4n) is 4.53. The molecule has 3 aromatic rings. The van der Waals surface area contributed by atoms with Gasteiger partial charge in [0, 0.05) is 13.3 Å². The number of aromatic nitrogens is 3. The van der Waals surface area contributed by atoms with Gasteiger partial charge in [0.2, 0.25) is 0 Å². The molecule has 2 saturated heterocycles. The SMILES string of the molecule is CCOC(=O)c1ccccc1COP1(=O)OC[C@H]2O[C@@](C=NC)(c3ccc4c(N)ncnn34)[C@H](O)[C@@H]2O1. The number of rotatable bonds is 7. The summed E-state index contributed by atoms with van der Waals surface area (Å²) >= 11 is 0. The zero-order valence-corrected chi connectivity index (χ0v) is 21.0. The van der Waals surface area contributed by atoms with Gasteiger partial charge in [0.15, 0.2) is 11.4 Å². The average molecular weight is 531 g/mol. The van der Waals surface area contributed by atoms with E-state index >= 15 is 0 Å². The molecule has 3 N–H and O–H groups in total. The summed E-state index contributed by atoms with van der Waals surface area (Å²) in [6.07, 6.45) is -0.519. The van der Waals surface area contributed by atoms with Crippen molar-refractivity contribution in [2.24, 2.45) is 4.99 Å². The summed E-state index contributed by atoms with van der Waals surface area (Å²) in [5.74, 6) is -0.284. The number of aliphatic imine (C=N–C) groups is 1. The maximum absolute atomic E-state index is 13.4. The van der Waals surface area contributed by atoms with Crippen molar-refractivity contribution >= 4 is 31.3 Å². The van der Waals surface area contributed by atoms with E-state index in [1.54, 1.807) is 43.3 Å². The van der Waals surface area contributed by atoms with E-state index in [1.165, 1.54) is 24.1 Å². The minimum atomic E-state index is -4.15. The second-order valence-corrected chi connectivity index (χ2v) is 10.0. The standard InChI is InChI=1S/C23H26N5O8P/c1-3-32-22(30)15-7-5-4-6-14(15)10-33-37(31)34-11-17-19(36-37)20(29)23(35-17,12-25-2)18-9-8-16-21(24)26-13-27-28(16)18/h4-9,12-13,17,19-20,29H,3,10-11H2,1-2H3,(H2,24,26,27)/t17-,19-,20-,23+,37?/m1/s1. The third-order valence-electron chi connectivity index (χ3n) is 6.21. The summed E-state index contributed by atoms with van der Waals surface area (Å²) in [7, 11) is -2.62. The Hall–Kier alpha value is -3.19. The molecule has 1 unspecified atom stereocenters. The van der Waals surface area contributed by atoms with E-state index in [2.05, 4.69) is 15.1 Å². The number of esters is 1. The monoisotopic (exact) mass is 531 g/mol. The fraction of sp³-hybridized carbons (Fsp3) is 0.391. The number of fused-ring (bicyclic) bond motifs is 2. The maximum Gasteiger partial charge on any atom is 0.475 e. The number of nitrogen functional groups attached to an aromatic ring is 1. The van der Waals surface area contributed by atoms with Crippen LogP contribution in [0.5, 0.6) is 0 Å². The highest BCUT2D eigenvalue weighted by Gasteiger charge is 2.61. The predicted molar refractivity (Wildman–Crippen MR) is 130 cm³/mol. The summed E-state index contributed by atoms with van der Waals surface area (Å²) in [6, 6.07) is 10.00. The summed E-state index contributed by atoms with van der Waals surface area (Å²) in [5.41, 5.74) is 6.11. The second kappa shape index (κ2) is 9.93. The van der Waals surface area contributed by atoms with Gasteiger partial charge in [-0.05, 0) is 30.7 Å². The fourth-order valence-corrected chi connectivity index (χ4v) is 5.90. The molecule has 2 fully saturated rings. The molecule has 5 rings (SSSR count). The van der Waals surface area contributed by atoms with Crippen LogP contribution in [0.3, 0.4) is 0 Å². The maximum atomic E-state index is 13.4. The molecule has 0 aliphatic carbocycles. The molecule has 2 aliphatic heterocycles. The van der Waals surface area contributed by atoms with Crippen molar-refractivity contribution in [2.45, 2.75) is 37.4 Å². The number of hydrogen-bond acceptors (Lipinski definition) is 12. The Balaban J connectivity index is 1.39. The van der Waals surface area contributed by atoms with Crippen molar-refractivity contribution in [3.05, 3.63) is 59.5 Å². The van der Waals surface area contributed by atoms with Crippen molar-refractivity contribution in [3.63, 3.8) is 0 Å². The summed E-state index contributed by atoms with van der Waals surface area (Å²) < 4.78 is 42.9. The molecule has 196 valence electrons. The lowest BCUT2D eigenvalue weighted by Crippen LogP contribution is -2.44. The number of hydrogen-bond donors (Lipinski definition) is 2. The Morgan fingerprint density at radius 3 is 2.97 bits per heavy atom. The summed E-state index contributed by atoms with van der Waals surface area (Å²) in [6.45, 7) is 1.48. The van der Waals surface area contributed by atoms with Crippen molar-refractivity contribution < 1.29 is 37.5 Å². The van der Waals surface area contributed by atoms with Crippen LogP contribution >= 0.6 is 7.82 Å². The molecular weight excluding hydrogens is 505 g/mol. The third kappa shape index (κ3) is 4.43. The first-order valence-electron chi connectivity index (χ1n) is 11.5. The zero-order chi connectivity index (χ0) is 26.2. The first-order chi connectivity index (χ1) is 17.8. The molecule has 5 atom stereocenters. The van der Waals surface area contributed by atoms with Crippen molar-refractivity contribution in [3.8, 4) is 0 Å². The highest BCUT2D eigenvalue weighted by molar-refractivity contribution is 7.48. The van der Waals surface area contributed by atoms with Crippen LogP contribution < -0.4 is 5.73 Å². The number of carbonyl (C=O) groups is 1. The van der Waals surface area contributed by atoms with Crippen LogP contribution in [0, 0.1) is 0 Å². The summed E-state index contributed by atoms with van der Waals surface area (Å²) in [5, 5.41) is 15.7. The molecule has 2 aliphatic rings. The number of aliphatic hydroxyl groups is 1. The average Bonchev–Trinajstić information content (AvgIpc) is 3.44. The number of benzene rings is 1. The minimum Gasteiger partial charge on any atom is -0.462 e. The van der Waals surface area contributed by atoms with Crippen LogP contribution in [0.15, 0.2) is 47.7 Å². The van der Waals surface area contributed by atoms with Crippen LogP contribution in [-0.2, 0) is 39.8 Å². The van der Waals surface area contributed by atoms with Gasteiger partial charge < -0.3 is 20.3 Å². The second-order valence-electron chi connectivity index (χ2n) is 8.41. The number of phosphoric ester groups is 1. The molecule has 13 nitrogen and oxygen atoms in total. The van der Waals surface area contributed by atoms with Gasteiger partial charge in [0.1, 0.15) is 30.2 Å². The molecule has 4 heterocycles. The lowest BCUT2D eigenvalue weighted by molar-refractivity contribution is -0.0727. The Morgan fingerprint density at radius 1 is 1.38 bits per heavy atom. The number of carbonyl (C=O) groups excluding carboxylic acids is 1. The van der Waals surface area contributed by atoms with Gasteiger partial charge in [-0.15, -0.1) is 0 Å². The Morgan fingerprint density at radius 2 is 2.19 bits per heavy atom.